The normalized spacial score (nSPS) is 28.2. The van der Waals surface area contributed by atoms with E-state index in [-0.39, 0.29) is 34.6 Å². The second kappa shape index (κ2) is 7.01. The second-order valence-corrected chi connectivity index (χ2v) is 10.4. The highest BCUT2D eigenvalue weighted by Crippen LogP contribution is 2.43. The summed E-state index contributed by atoms with van der Waals surface area (Å²) < 4.78 is 35.5. The number of fused-ring (bicyclic) bond motifs is 2. The summed E-state index contributed by atoms with van der Waals surface area (Å²) in [7, 11) is -3.10. The van der Waals surface area contributed by atoms with Crippen LogP contribution in [0.5, 0.6) is 11.5 Å². The van der Waals surface area contributed by atoms with Crippen molar-refractivity contribution in [2.75, 3.05) is 29.6 Å². The van der Waals surface area contributed by atoms with Gasteiger partial charge < -0.3 is 14.4 Å². The van der Waals surface area contributed by atoms with Gasteiger partial charge in [-0.15, -0.1) is 0 Å². The van der Waals surface area contributed by atoms with Crippen molar-refractivity contribution in [2.45, 2.75) is 31.6 Å². The predicted octanol–water partition coefficient (Wildman–Crippen LogP) is 2.11. The molecule has 2 saturated heterocycles. The zero-order chi connectivity index (χ0) is 19.2. The fourth-order valence-corrected chi connectivity index (χ4v) is 7.35. The summed E-state index contributed by atoms with van der Waals surface area (Å²) in [5.41, 5.74) is 0.770. The number of hydrogen-bond donors (Lipinski definition) is 0. The van der Waals surface area contributed by atoms with E-state index in [0.29, 0.717) is 36.3 Å². The van der Waals surface area contributed by atoms with Gasteiger partial charge in [-0.05, 0) is 18.6 Å². The molecule has 7 nitrogen and oxygen atoms in total. The Morgan fingerprint density at radius 3 is 2.78 bits per heavy atom. The number of thioether (sulfide) groups is 1. The monoisotopic (exact) mass is 410 g/mol. The largest absolute Gasteiger partial charge is 0.486 e. The number of aliphatic imine (C=N–C) groups is 1. The molecule has 2 fully saturated rings. The van der Waals surface area contributed by atoms with Crippen LogP contribution >= 0.6 is 11.8 Å². The zero-order valence-corrected chi connectivity index (χ0v) is 16.9. The van der Waals surface area contributed by atoms with Crippen LogP contribution in [0.1, 0.15) is 20.3 Å². The van der Waals surface area contributed by atoms with Gasteiger partial charge in [0.25, 0.3) is 5.91 Å². The second-order valence-electron chi connectivity index (χ2n) is 7.04. The first-order chi connectivity index (χ1) is 12.9. The van der Waals surface area contributed by atoms with Gasteiger partial charge in [0.15, 0.2) is 26.5 Å². The highest BCUT2D eigenvalue weighted by molar-refractivity contribution is 8.16. The van der Waals surface area contributed by atoms with Gasteiger partial charge in [0.05, 0.1) is 17.5 Å². The molecule has 0 saturated carbocycles. The van der Waals surface area contributed by atoms with E-state index in [4.69, 9.17) is 9.47 Å². The molecule has 3 atom stereocenters. The average Bonchev–Trinajstić information content (AvgIpc) is 3.11. The van der Waals surface area contributed by atoms with Gasteiger partial charge >= 0.3 is 0 Å². The molecule has 3 aliphatic heterocycles. The molecule has 1 aromatic carbocycles. The van der Waals surface area contributed by atoms with Crippen molar-refractivity contribution in [3.63, 3.8) is 0 Å². The minimum atomic E-state index is -3.10. The van der Waals surface area contributed by atoms with Crippen molar-refractivity contribution < 1.29 is 22.7 Å². The molecule has 0 unspecified atom stereocenters. The smallest absolute Gasteiger partial charge is 0.250 e. The Hall–Kier alpha value is -1.74. The molecule has 0 aliphatic carbocycles. The fraction of sp³-hybridized carbons (Fsp3) is 0.556. The maximum atomic E-state index is 12.4. The van der Waals surface area contributed by atoms with E-state index in [9.17, 15) is 13.2 Å². The van der Waals surface area contributed by atoms with Crippen LogP contribution < -0.4 is 14.4 Å². The molecule has 1 amide bonds. The number of amides is 1. The van der Waals surface area contributed by atoms with Crippen molar-refractivity contribution >= 4 is 38.4 Å². The average molecular weight is 411 g/mol. The molecule has 0 N–H and O–H groups in total. The van der Waals surface area contributed by atoms with Crippen LogP contribution in [0.2, 0.25) is 0 Å². The van der Waals surface area contributed by atoms with E-state index < -0.39 is 9.84 Å². The van der Waals surface area contributed by atoms with Gasteiger partial charge in [0.1, 0.15) is 13.2 Å². The predicted molar refractivity (Wildman–Crippen MR) is 106 cm³/mol. The molecule has 0 spiro atoms. The molecule has 0 bridgehead atoms. The number of amidine groups is 1. The van der Waals surface area contributed by atoms with E-state index >= 15 is 0 Å². The summed E-state index contributed by atoms with van der Waals surface area (Å²) in [5.74, 6) is 1.13. The van der Waals surface area contributed by atoms with Crippen LogP contribution in [-0.4, -0.2) is 55.5 Å². The lowest BCUT2D eigenvalue weighted by Gasteiger charge is -2.26. The lowest BCUT2D eigenvalue weighted by Crippen LogP contribution is -2.38. The highest BCUT2D eigenvalue weighted by atomic mass is 32.2. The maximum absolute atomic E-state index is 12.4. The molecule has 1 aromatic rings. The SMILES string of the molecule is CC[C@H](C)C(=O)N=C1S[C@H]2CS(=O)(=O)C[C@@H]2N1c1ccc2c(c1)OCCO2. The van der Waals surface area contributed by atoms with Crippen molar-refractivity contribution in [3.05, 3.63) is 18.2 Å². The van der Waals surface area contributed by atoms with Gasteiger partial charge in [-0.25, -0.2) is 8.42 Å². The van der Waals surface area contributed by atoms with Gasteiger partial charge in [0.2, 0.25) is 0 Å². The Morgan fingerprint density at radius 2 is 2.04 bits per heavy atom. The summed E-state index contributed by atoms with van der Waals surface area (Å²) >= 11 is 1.38. The summed E-state index contributed by atoms with van der Waals surface area (Å²) in [6.45, 7) is 4.78. The third-order valence-corrected chi connectivity index (χ3v) is 8.32. The quantitative estimate of drug-likeness (QED) is 0.754. The number of hydrogen-bond acceptors (Lipinski definition) is 6. The number of anilines is 1. The molecular weight excluding hydrogens is 388 g/mol. The van der Waals surface area contributed by atoms with Crippen molar-refractivity contribution in [2.24, 2.45) is 10.9 Å². The Labute approximate surface area is 163 Å². The molecule has 9 heteroatoms. The number of nitrogens with zero attached hydrogens (tertiary/aromatic N) is 2. The Bertz CT molecular complexity index is 899. The van der Waals surface area contributed by atoms with Crippen molar-refractivity contribution in [1.29, 1.82) is 0 Å². The van der Waals surface area contributed by atoms with Crippen LogP contribution in [0, 0.1) is 5.92 Å². The summed E-state index contributed by atoms with van der Waals surface area (Å²) in [5, 5.41) is 0.452. The lowest BCUT2D eigenvalue weighted by molar-refractivity contribution is -0.121. The van der Waals surface area contributed by atoms with Gasteiger partial charge in [-0.1, -0.05) is 25.6 Å². The third kappa shape index (κ3) is 3.54. The molecule has 3 aliphatic rings. The van der Waals surface area contributed by atoms with Crippen LogP contribution in [0.3, 0.4) is 0 Å². The summed E-state index contributed by atoms with van der Waals surface area (Å²) in [6, 6.07) is 5.29. The third-order valence-electron chi connectivity index (χ3n) is 5.11. The molecule has 0 aromatic heterocycles. The van der Waals surface area contributed by atoms with Crippen LogP contribution in [0.15, 0.2) is 23.2 Å². The Balaban J connectivity index is 1.72. The van der Waals surface area contributed by atoms with E-state index in [1.165, 1.54) is 11.8 Å². The van der Waals surface area contributed by atoms with E-state index in [2.05, 4.69) is 4.99 Å². The lowest BCUT2D eigenvalue weighted by atomic mass is 10.1. The number of carbonyl (C=O) groups excluding carboxylic acids is 1. The number of carbonyl (C=O) groups is 1. The molecular formula is C18H22N2O5S2. The topological polar surface area (TPSA) is 85.3 Å². The van der Waals surface area contributed by atoms with Crippen molar-refractivity contribution in [3.8, 4) is 11.5 Å². The van der Waals surface area contributed by atoms with Crippen molar-refractivity contribution in [1.82, 2.24) is 0 Å². The minimum absolute atomic E-state index is 0.0651. The van der Waals surface area contributed by atoms with Gasteiger partial charge in [-0.2, -0.15) is 4.99 Å². The number of sulfone groups is 1. The van der Waals surface area contributed by atoms with Crippen LogP contribution in [0.25, 0.3) is 0 Å². The zero-order valence-electron chi connectivity index (χ0n) is 15.3. The van der Waals surface area contributed by atoms with Crippen LogP contribution in [-0.2, 0) is 14.6 Å². The Morgan fingerprint density at radius 1 is 1.30 bits per heavy atom. The standard InChI is InChI=1S/C18H22N2O5S2/c1-3-11(2)17(21)19-18-20(13-9-27(22,23)10-16(13)26-18)12-4-5-14-15(8-12)25-7-6-24-14/h4-5,8,11,13,16H,3,6-7,9-10H2,1-2H3/t11-,13-,16-/m0/s1. The Kier molecular flexibility index (Phi) is 4.84. The number of rotatable bonds is 3. The summed E-state index contributed by atoms with van der Waals surface area (Å²) in [6.07, 6.45) is 0.714. The number of benzene rings is 1. The van der Waals surface area contributed by atoms with Gasteiger partial charge in [0, 0.05) is 22.9 Å². The van der Waals surface area contributed by atoms with Crippen LogP contribution in [0.4, 0.5) is 5.69 Å². The number of ether oxygens (including phenoxy) is 2. The summed E-state index contributed by atoms with van der Waals surface area (Å²) in [4.78, 5) is 18.6. The molecule has 0 radical (unpaired) electrons. The minimum Gasteiger partial charge on any atom is -0.486 e. The molecule has 146 valence electrons. The first-order valence-electron chi connectivity index (χ1n) is 9.06. The molecule has 3 heterocycles. The first-order valence-corrected chi connectivity index (χ1v) is 11.8. The fourth-order valence-electron chi connectivity index (χ4n) is 3.43. The molecule has 4 rings (SSSR count). The van der Waals surface area contributed by atoms with Gasteiger partial charge in [-0.3, -0.25) is 4.79 Å². The van der Waals surface area contributed by atoms with E-state index in [0.717, 1.165) is 5.69 Å². The first kappa shape index (κ1) is 18.6. The maximum Gasteiger partial charge on any atom is 0.250 e. The highest BCUT2D eigenvalue weighted by Gasteiger charge is 2.49. The molecule has 27 heavy (non-hydrogen) atoms. The van der Waals surface area contributed by atoms with E-state index in [1.54, 1.807) is 0 Å². The van der Waals surface area contributed by atoms with E-state index in [1.807, 2.05) is 36.9 Å².